The van der Waals surface area contributed by atoms with Crippen LogP contribution in [0.25, 0.3) is 0 Å². The summed E-state index contributed by atoms with van der Waals surface area (Å²) in [5.74, 6) is -0.760. The molecule has 0 spiro atoms. The number of hydrogen-bond acceptors (Lipinski definition) is 4. The molecule has 2 atom stereocenters. The number of carbonyl (C=O) groups is 1. The van der Waals surface area contributed by atoms with Gasteiger partial charge in [0, 0.05) is 6.92 Å². The van der Waals surface area contributed by atoms with Gasteiger partial charge in [0.25, 0.3) is 0 Å². The lowest BCUT2D eigenvalue weighted by Gasteiger charge is -2.27. The van der Waals surface area contributed by atoms with E-state index in [1.165, 1.54) is 19.1 Å². The van der Waals surface area contributed by atoms with Gasteiger partial charge in [-0.25, -0.2) is 5.09 Å². The van der Waals surface area contributed by atoms with Gasteiger partial charge in [0.05, 0.1) is 6.61 Å². The van der Waals surface area contributed by atoms with E-state index in [-0.39, 0.29) is 12.4 Å². The molecule has 1 aromatic rings. The van der Waals surface area contributed by atoms with Crippen molar-refractivity contribution in [3.05, 3.63) is 30.3 Å². The second-order valence-corrected chi connectivity index (χ2v) is 6.73. The maximum absolute atomic E-state index is 13.7. The molecule has 0 aliphatic rings. The van der Waals surface area contributed by atoms with Crippen LogP contribution in [0.1, 0.15) is 20.8 Å². The number of ether oxygens (including phenoxy) is 1. The van der Waals surface area contributed by atoms with Crippen LogP contribution in [-0.4, -0.2) is 24.3 Å². The van der Waals surface area contributed by atoms with Crippen molar-refractivity contribution in [1.29, 1.82) is 0 Å². The number of benzene rings is 1. The molecule has 1 N–H and O–H groups in total. The van der Waals surface area contributed by atoms with Crippen LogP contribution in [0.3, 0.4) is 0 Å². The molecule has 0 fully saturated rings. The van der Waals surface area contributed by atoms with Gasteiger partial charge in [0.1, 0.15) is 11.8 Å². The Hall–Kier alpha value is -1.46. The van der Waals surface area contributed by atoms with Crippen molar-refractivity contribution in [2.24, 2.45) is 0 Å². The lowest BCUT2D eigenvalue weighted by molar-refractivity contribution is -0.144. The molecule has 21 heavy (non-hydrogen) atoms. The van der Waals surface area contributed by atoms with Crippen molar-refractivity contribution in [2.45, 2.75) is 32.5 Å². The number of rotatable bonds is 7. The summed E-state index contributed by atoms with van der Waals surface area (Å²) >= 11 is 0. The molecule has 5 nitrogen and oxygen atoms in total. The number of para-hydroxylation sites is 1. The molecular weight excluding hydrogens is 303 g/mol. The van der Waals surface area contributed by atoms with E-state index in [0.717, 1.165) is 0 Å². The lowest BCUT2D eigenvalue weighted by atomic mass is 10.3. The minimum Gasteiger partial charge on any atom is -0.465 e. The Morgan fingerprint density at radius 1 is 1.38 bits per heavy atom. The first-order valence-corrected chi connectivity index (χ1v) is 7.99. The predicted octanol–water partition coefficient (Wildman–Crippen LogP) is 3.41. The number of halogens is 2. The van der Waals surface area contributed by atoms with Crippen LogP contribution < -0.4 is 9.61 Å². The summed E-state index contributed by atoms with van der Waals surface area (Å²) in [7, 11) is -4.64. The molecule has 0 aromatic heterocycles. The Morgan fingerprint density at radius 3 is 2.43 bits per heavy atom. The molecule has 0 bridgehead atoms. The summed E-state index contributed by atoms with van der Waals surface area (Å²) in [5, 5.41) is 2.08. The van der Waals surface area contributed by atoms with Gasteiger partial charge in [0.15, 0.2) is 0 Å². The summed E-state index contributed by atoms with van der Waals surface area (Å²) < 4.78 is 49.4. The molecule has 0 aliphatic heterocycles. The Kier molecular flexibility index (Phi) is 5.87. The van der Waals surface area contributed by atoms with E-state index < -0.39 is 25.2 Å². The van der Waals surface area contributed by atoms with Crippen LogP contribution in [0.2, 0.25) is 0 Å². The summed E-state index contributed by atoms with van der Waals surface area (Å²) in [6.07, 6.45) is 0. The number of nitrogens with one attached hydrogen (secondary N) is 1. The van der Waals surface area contributed by atoms with Crippen LogP contribution >= 0.6 is 7.52 Å². The molecule has 0 saturated heterocycles. The van der Waals surface area contributed by atoms with Crippen LogP contribution in [0.5, 0.6) is 5.75 Å². The first kappa shape index (κ1) is 17.6. The first-order chi connectivity index (χ1) is 9.69. The fourth-order valence-corrected chi connectivity index (χ4v) is 2.90. The topological polar surface area (TPSA) is 64.6 Å². The minimum absolute atomic E-state index is 0.0194. The van der Waals surface area contributed by atoms with E-state index in [2.05, 4.69) is 9.82 Å². The van der Waals surface area contributed by atoms with Gasteiger partial charge in [-0.2, -0.15) is 8.78 Å². The fraction of sp³-hybridized carbons (Fsp3) is 0.462. The highest BCUT2D eigenvalue weighted by molar-refractivity contribution is 7.58. The van der Waals surface area contributed by atoms with Crippen molar-refractivity contribution in [3.8, 4) is 5.75 Å². The van der Waals surface area contributed by atoms with Gasteiger partial charge in [-0.1, -0.05) is 18.2 Å². The zero-order chi connectivity index (χ0) is 16.1. The Bertz CT molecular complexity index is 519. The van der Waals surface area contributed by atoms with Gasteiger partial charge in [-0.15, -0.1) is 0 Å². The van der Waals surface area contributed by atoms with Crippen LogP contribution in [-0.2, 0) is 14.1 Å². The molecule has 0 amide bonds. The van der Waals surface area contributed by atoms with E-state index in [9.17, 15) is 18.1 Å². The second kappa shape index (κ2) is 7.00. The van der Waals surface area contributed by atoms with Gasteiger partial charge in [-0.05, 0) is 26.0 Å². The number of alkyl halides is 2. The quantitative estimate of drug-likeness (QED) is 0.616. The summed E-state index contributed by atoms with van der Waals surface area (Å²) in [6, 6.07) is 6.39. The van der Waals surface area contributed by atoms with Crippen LogP contribution in [0.4, 0.5) is 8.78 Å². The first-order valence-electron chi connectivity index (χ1n) is 6.36. The van der Waals surface area contributed by atoms with Gasteiger partial charge in [0.2, 0.25) is 0 Å². The Morgan fingerprint density at radius 2 is 1.95 bits per heavy atom. The van der Waals surface area contributed by atoms with Crippen molar-refractivity contribution in [1.82, 2.24) is 5.09 Å². The molecule has 0 saturated carbocycles. The highest BCUT2D eigenvalue weighted by Gasteiger charge is 2.50. The summed E-state index contributed by atoms with van der Waals surface area (Å²) in [4.78, 5) is 11.5. The molecule has 0 radical (unpaired) electrons. The summed E-state index contributed by atoms with van der Waals surface area (Å²) in [6.45, 7) is 3.43. The standard InChI is InChI=1S/C13H18F2NO4P/c1-4-19-12(17)10(2)16-21(18,13(3,14)15)20-11-8-6-5-7-9-11/h5-10H,4H2,1-3H3,(H,16,18)/t10-,21?/m0/s1. The van der Waals surface area contributed by atoms with E-state index in [1.54, 1.807) is 25.1 Å². The smallest absolute Gasteiger partial charge is 0.385 e. The van der Waals surface area contributed by atoms with E-state index in [4.69, 9.17) is 4.52 Å². The van der Waals surface area contributed by atoms with Crippen LogP contribution in [0.15, 0.2) is 30.3 Å². The molecule has 0 aliphatic carbocycles. The van der Waals surface area contributed by atoms with Crippen molar-refractivity contribution in [3.63, 3.8) is 0 Å². The lowest BCUT2D eigenvalue weighted by Crippen LogP contribution is -2.38. The van der Waals surface area contributed by atoms with Crippen molar-refractivity contribution >= 4 is 13.5 Å². The molecule has 1 rings (SSSR count). The molecule has 0 heterocycles. The normalized spacial score (nSPS) is 15.9. The largest absolute Gasteiger partial charge is 0.465 e. The zero-order valence-corrected chi connectivity index (χ0v) is 12.9. The zero-order valence-electron chi connectivity index (χ0n) is 12.0. The fourth-order valence-electron chi connectivity index (χ4n) is 1.42. The number of hydrogen-bond donors (Lipinski definition) is 1. The average molecular weight is 321 g/mol. The molecular formula is C13H18F2NO4P. The predicted molar refractivity (Wildman–Crippen MR) is 74.5 cm³/mol. The van der Waals surface area contributed by atoms with Gasteiger partial charge in [-0.3, -0.25) is 9.36 Å². The number of esters is 1. The SMILES string of the molecule is CCOC(=O)[C@H](C)NP(=O)(Oc1ccccc1)C(C)(F)F. The van der Waals surface area contributed by atoms with Gasteiger partial charge < -0.3 is 9.26 Å². The van der Waals surface area contributed by atoms with E-state index >= 15 is 0 Å². The van der Waals surface area contributed by atoms with Gasteiger partial charge >= 0.3 is 19.2 Å². The third-order valence-electron chi connectivity index (χ3n) is 2.50. The van der Waals surface area contributed by atoms with Crippen LogP contribution in [0, 0.1) is 0 Å². The van der Waals surface area contributed by atoms with E-state index in [0.29, 0.717) is 6.92 Å². The Labute approximate surface area is 122 Å². The maximum atomic E-state index is 13.7. The third-order valence-corrected chi connectivity index (χ3v) is 4.73. The Balaban J connectivity index is 2.95. The second-order valence-electron chi connectivity index (χ2n) is 4.40. The number of carbonyl (C=O) groups excluding carboxylic acids is 1. The maximum Gasteiger partial charge on any atom is 0.385 e. The monoisotopic (exact) mass is 321 g/mol. The molecule has 8 heteroatoms. The molecule has 1 unspecified atom stereocenters. The molecule has 1 aromatic carbocycles. The van der Waals surface area contributed by atoms with Crippen molar-refractivity contribution in [2.75, 3.05) is 6.61 Å². The molecule has 118 valence electrons. The highest BCUT2D eigenvalue weighted by Crippen LogP contribution is 2.57. The summed E-state index contributed by atoms with van der Waals surface area (Å²) in [5.41, 5.74) is -3.66. The van der Waals surface area contributed by atoms with Crippen molar-refractivity contribution < 1.29 is 27.4 Å². The third kappa shape index (κ3) is 4.79. The van der Waals surface area contributed by atoms with E-state index in [1.807, 2.05) is 0 Å². The average Bonchev–Trinajstić information content (AvgIpc) is 2.38. The highest BCUT2D eigenvalue weighted by atomic mass is 31.2. The minimum atomic E-state index is -4.64.